The average molecular weight is 252 g/mol. The van der Waals surface area contributed by atoms with Crippen LogP contribution in [0.3, 0.4) is 0 Å². The number of hydrogen-bond donors (Lipinski definition) is 1. The summed E-state index contributed by atoms with van der Waals surface area (Å²) in [7, 11) is 1.97. The maximum absolute atomic E-state index is 8.92. The number of benzene rings is 1. The molecule has 4 nitrogen and oxygen atoms in total. The topological polar surface area (TPSA) is 65.9 Å². The third-order valence-electron chi connectivity index (χ3n) is 3.00. The van der Waals surface area contributed by atoms with Gasteiger partial charge in [-0.2, -0.15) is 5.26 Å². The second-order valence-electron chi connectivity index (χ2n) is 4.38. The Morgan fingerprint density at radius 3 is 2.84 bits per heavy atom. The second kappa shape index (κ2) is 5.87. The Morgan fingerprint density at radius 1 is 1.32 bits per heavy atom. The molecule has 0 unspecified atom stereocenters. The molecule has 96 valence electrons. The Kier molecular flexibility index (Phi) is 3.99. The van der Waals surface area contributed by atoms with Gasteiger partial charge in [0.2, 0.25) is 0 Å². The molecule has 0 saturated carbocycles. The minimum absolute atomic E-state index is 0.619. The van der Waals surface area contributed by atoms with Crippen molar-refractivity contribution in [1.29, 1.82) is 5.26 Å². The zero-order valence-electron chi connectivity index (χ0n) is 10.9. The number of rotatable bonds is 4. The second-order valence-corrected chi connectivity index (χ2v) is 4.38. The molecule has 2 aromatic rings. The van der Waals surface area contributed by atoms with Crippen LogP contribution < -0.4 is 10.6 Å². The summed E-state index contributed by atoms with van der Waals surface area (Å²) >= 11 is 0. The van der Waals surface area contributed by atoms with Crippen LogP contribution in [0.1, 0.15) is 11.3 Å². The van der Waals surface area contributed by atoms with E-state index in [0.29, 0.717) is 11.3 Å². The number of nitrogen functional groups attached to an aromatic ring is 1. The van der Waals surface area contributed by atoms with E-state index in [-0.39, 0.29) is 0 Å². The first-order valence-corrected chi connectivity index (χ1v) is 6.11. The number of aromatic nitrogens is 1. The largest absolute Gasteiger partial charge is 0.397 e. The monoisotopic (exact) mass is 252 g/mol. The highest BCUT2D eigenvalue weighted by atomic mass is 15.1. The lowest BCUT2D eigenvalue weighted by Crippen LogP contribution is -2.21. The van der Waals surface area contributed by atoms with Crippen molar-refractivity contribution in [1.82, 2.24) is 4.98 Å². The van der Waals surface area contributed by atoms with Gasteiger partial charge in [0, 0.05) is 31.9 Å². The quantitative estimate of drug-likeness (QED) is 0.847. The van der Waals surface area contributed by atoms with Gasteiger partial charge in [-0.15, -0.1) is 0 Å². The van der Waals surface area contributed by atoms with Crippen LogP contribution in [-0.2, 0) is 6.42 Å². The summed E-state index contributed by atoms with van der Waals surface area (Å²) in [5, 5.41) is 8.92. The molecule has 0 saturated heterocycles. The highest BCUT2D eigenvalue weighted by molar-refractivity contribution is 5.69. The average Bonchev–Trinajstić information content (AvgIpc) is 2.46. The number of nitriles is 1. The smallest absolute Gasteiger partial charge is 0.0992 e. The van der Waals surface area contributed by atoms with E-state index >= 15 is 0 Å². The van der Waals surface area contributed by atoms with E-state index in [1.54, 1.807) is 18.3 Å². The van der Waals surface area contributed by atoms with Crippen molar-refractivity contribution in [2.24, 2.45) is 0 Å². The van der Waals surface area contributed by atoms with Crippen molar-refractivity contribution in [3.05, 3.63) is 53.9 Å². The Bertz CT molecular complexity index is 587. The van der Waals surface area contributed by atoms with Crippen LogP contribution in [-0.4, -0.2) is 18.6 Å². The van der Waals surface area contributed by atoms with E-state index < -0.39 is 0 Å². The van der Waals surface area contributed by atoms with E-state index in [2.05, 4.69) is 11.1 Å². The van der Waals surface area contributed by atoms with E-state index in [0.717, 1.165) is 24.3 Å². The zero-order valence-corrected chi connectivity index (χ0v) is 10.9. The van der Waals surface area contributed by atoms with Gasteiger partial charge < -0.3 is 10.6 Å². The Balaban J connectivity index is 2.08. The van der Waals surface area contributed by atoms with Gasteiger partial charge in [0.15, 0.2) is 0 Å². The number of nitrogens with zero attached hydrogens (tertiary/aromatic N) is 3. The molecule has 0 aliphatic heterocycles. The number of nitrogens with two attached hydrogens (primary N) is 1. The summed E-state index contributed by atoms with van der Waals surface area (Å²) in [5.41, 5.74) is 9.18. The van der Waals surface area contributed by atoms with Gasteiger partial charge in [-0.25, -0.2) is 0 Å². The summed E-state index contributed by atoms with van der Waals surface area (Å²) in [6.45, 7) is 0.802. The summed E-state index contributed by atoms with van der Waals surface area (Å²) in [5.74, 6) is 0. The summed E-state index contributed by atoms with van der Waals surface area (Å²) in [6.07, 6.45) is 2.63. The van der Waals surface area contributed by atoms with Crippen molar-refractivity contribution in [3.8, 4) is 6.07 Å². The van der Waals surface area contributed by atoms with Gasteiger partial charge >= 0.3 is 0 Å². The minimum atomic E-state index is 0.619. The minimum Gasteiger partial charge on any atom is -0.397 e. The van der Waals surface area contributed by atoms with Crippen molar-refractivity contribution in [2.45, 2.75) is 6.42 Å². The number of pyridine rings is 1. The molecule has 0 bridgehead atoms. The van der Waals surface area contributed by atoms with Gasteiger partial charge in [-0.3, -0.25) is 4.98 Å². The Hall–Kier alpha value is -2.54. The fraction of sp³-hybridized carbons (Fsp3) is 0.200. The molecule has 1 heterocycles. The third kappa shape index (κ3) is 3.23. The van der Waals surface area contributed by atoms with Crippen LogP contribution in [0.2, 0.25) is 0 Å². The molecule has 1 aromatic carbocycles. The predicted octanol–water partition coefficient (Wildman–Crippen LogP) is 2.21. The molecule has 4 heteroatoms. The van der Waals surface area contributed by atoms with Gasteiger partial charge in [0.1, 0.15) is 0 Å². The lowest BCUT2D eigenvalue weighted by Gasteiger charge is -2.21. The van der Waals surface area contributed by atoms with E-state index in [9.17, 15) is 0 Å². The van der Waals surface area contributed by atoms with Crippen molar-refractivity contribution < 1.29 is 0 Å². The predicted molar refractivity (Wildman–Crippen MR) is 76.8 cm³/mol. The summed E-state index contributed by atoms with van der Waals surface area (Å²) in [4.78, 5) is 6.34. The number of likely N-dealkylation sites (N-methyl/N-ethyl adjacent to an activating group) is 1. The lowest BCUT2D eigenvalue weighted by molar-refractivity contribution is 0.853. The Morgan fingerprint density at radius 2 is 2.16 bits per heavy atom. The zero-order chi connectivity index (χ0) is 13.7. The maximum atomic E-state index is 8.92. The molecule has 2 rings (SSSR count). The van der Waals surface area contributed by atoms with Gasteiger partial charge in [-0.1, -0.05) is 6.07 Å². The standard InChI is InChI=1S/C15H16N4/c1-19(9-7-13-4-2-3-8-18-13)15-10-12(11-16)5-6-14(15)17/h2-6,8,10H,7,9,17H2,1H3. The van der Waals surface area contributed by atoms with Crippen molar-refractivity contribution >= 4 is 11.4 Å². The lowest BCUT2D eigenvalue weighted by atomic mass is 10.1. The summed E-state index contributed by atoms with van der Waals surface area (Å²) in [6, 6.07) is 13.3. The molecule has 0 spiro atoms. The van der Waals surface area contributed by atoms with Crippen LogP contribution in [0.15, 0.2) is 42.6 Å². The normalized spacial score (nSPS) is 9.89. The van der Waals surface area contributed by atoms with Crippen molar-refractivity contribution in [2.75, 3.05) is 24.2 Å². The van der Waals surface area contributed by atoms with Crippen LogP contribution in [0.5, 0.6) is 0 Å². The van der Waals surface area contributed by atoms with Crippen LogP contribution in [0.4, 0.5) is 11.4 Å². The van der Waals surface area contributed by atoms with Gasteiger partial charge in [-0.05, 0) is 30.3 Å². The van der Waals surface area contributed by atoms with Crippen molar-refractivity contribution in [3.63, 3.8) is 0 Å². The molecule has 0 fully saturated rings. The number of hydrogen-bond acceptors (Lipinski definition) is 4. The molecule has 0 aliphatic rings. The molecule has 0 atom stereocenters. The molecule has 1 aromatic heterocycles. The van der Waals surface area contributed by atoms with E-state index in [1.807, 2.05) is 36.2 Å². The number of anilines is 2. The fourth-order valence-electron chi connectivity index (χ4n) is 1.89. The molecular weight excluding hydrogens is 236 g/mol. The molecule has 0 aliphatic carbocycles. The van der Waals surface area contributed by atoms with Gasteiger partial charge in [0.05, 0.1) is 23.0 Å². The van der Waals surface area contributed by atoms with E-state index in [1.165, 1.54) is 0 Å². The third-order valence-corrected chi connectivity index (χ3v) is 3.00. The molecule has 0 amide bonds. The fourth-order valence-corrected chi connectivity index (χ4v) is 1.89. The molecule has 2 N–H and O–H groups in total. The molecule has 19 heavy (non-hydrogen) atoms. The maximum Gasteiger partial charge on any atom is 0.0992 e. The van der Waals surface area contributed by atoms with Crippen LogP contribution in [0, 0.1) is 11.3 Å². The first-order valence-electron chi connectivity index (χ1n) is 6.11. The summed E-state index contributed by atoms with van der Waals surface area (Å²) < 4.78 is 0. The highest BCUT2D eigenvalue weighted by Gasteiger charge is 2.07. The first-order chi connectivity index (χ1) is 9.20. The molecular formula is C15H16N4. The van der Waals surface area contributed by atoms with Crippen LogP contribution >= 0.6 is 0 Å². The van der Waals surface area contributed by atoms with Gasteiger partial charge in [0.25, 0.3) is 0 Å². The first kappa shape index (κ1) is 12.9. The molecule has 0 radical (unpaired) electrons. The highest BCUT2D eigenvalue weighted by Crippen LogP contribution is 2.23. The SMILES string of the molecule is CN(CCc1ccccn1)c1cc(C#N)ccc1N. The van der Waals surface area contributed by atoms with E-state index in [4.69, 9.17) is 11.0 Å². The van der Waals surface area contributed by atoms with Crippen LogP contribution in [0.25, 0.3) is 0 Å². The Labute approximate surface area is 113 Å².